The molecular weight excluding hydrogens is 343 g/mol. The number of aromatic nitrogens is 2. The molecule has 1 aromatic carbocycles. The van der Waals surface area contributed by atoms with E-state index in [2.05, 4.69) is 0 Å². The van der Waals surface area contributed by atoms with Crippen molar-refractivity contribution in [3.05, 3.63) is 66.5 Å². The third kappa shape index (κ3) is 3.19. The highest BCUT2D eigenvalue weighted by Crippen LogP contribution is 2.30. The van der Waals surface area contributed by atoms with Crippen molar-refractivity contribution in [2.45, 2.75) is 33.0 Å². The fourth-order valence-electron chi connectivity index (χ4n) is 2.50. The number of alkyl halides is 3. The molecule has 0 aliphatic carbocycles. The van der Waals surface area contributed by atoms with Crippen LogP contribution in [0.2, 0.25) is 0 Å². The minimum atomic E-state index is -4.65. The van der Waals surface area contributed by atoms with Crippen LogP contribution in [0.25, 0.3) is 5.69 Å². The van der Waals surface area contributed by atoms with E-state index in [0.29, 0.717) is 10.6 Å². The Morgan fingerprint density at radius 2 is 1.80 bits per heavy atom. The number of benzene rings is 1. The number of nitrogens with zero attached hydrogens (tertiary/aromatic N) is 3. The highest BCUT2D eigenvalue weighted by molar-refractivity contribution is 5.43. The van der Waals surface area contributed by atoms with Crippen molar-refractivity contribution < 1.29 is 18.1 Å². The van der Waals surface area contributed by atoms with Crippen LogP contribution in [0, 0.1) is 17.0 Å². The third-order valence-corrected chi connectivity index (χ3v) is 3.63. The summed E-state index contributed by atoms with van der Waals surface area (Å²) in [5, 5.41) is 11.2. The molecule has 0 atom stereocenters. The second-order valence-electron chi connectivity index (χ2n) is 5.63. The smallest absolute Gasteiger partial charge is 0.261 e. The van der Waals surface area contributed by atoms with E-state index in [4.69, 9.17) is 0 Å². The fourth-order valence-corrected chi connectivity index (χ4v) is 2.50. The van der Waals surface area contributed by atoms with E-state index >= 15 is 0 Å². The maximum Gasteiger partial charge on any atom is 0.416 e. The molecule has 25 heavy (non-hydrogen) atoms. The lowest BCUT2D eigenvalue weighted by Crippen LogP contribution is -2.42. The topological polar surface area (TPSA) is 87.1 Å². The van der Waals surface area contributed by atoms with Gasteiger partial charge in [-0.15, -0.1) is 0 Å². The monoisotopic (exact) mass is 357 g/mol. The van der Waals surface area contributed by atoms with Crippen LogP contribution in [0.5, 0.6) is 0 Å². The van der Waals surface area contributed by atoms with Gasteiger partial charge in [-0.2, -0.15) is 13.2 Å². The molecule has 2 aromatic rings. The Hall–Kier alpha value is -2.91. The van der Waals surface area contributed by atoms with Gasteiger partial charge in [0.2, 0.25) is 0 Å². The maximum absolute atomic E-state index is 12.9. The Labute approximate surface area is 139 Å². The molecule has 0 spiro atoms. The van der Waals surface area contributed by atoms with Gasteiger partial charge in [0.25, 0.3) is 0 Å². The molecule has 0 amide bonds. The van der Waals surface area contributed by atoms with Crippen molar-refractivity contribution in [2.24, 2.45) is 0 Å². The predicted molar refractivity (Wildman–Crippen MR) is 83.1 cm³/mol. The van der Waals surface area contributed by atoms with Crippen molar-refractivity contribution in [2.75, 3.05) is 0 Å². The second kappa shape index (κ2) is 6.19. The van der Waals surface area contributed by atoms with Gasteiger partial charge in [0.1, 0.15) is 5.69 Å². The number of hydrogen-bond donors (Lipinski definition) is 0. The molecule has 1 aromatic heterocycles. The van der Waals surface area contributed by atoms with E-state index in [-0.39, 0.29) is 11.4 Å². The molecule has 0 aliphatic heterocycles. The summed E-state index contributed by atoms with van der Waals surface area (Å²) in [6.07, 6.45) is -4.65. The summed E-state index contributed by atoms with van der Waals surface area (Å²) in [6.45, 7) is 4.09. The second-order valence-corrected chi connectivity index (χ2v) is 5.63. The molecule has 1 heterocycles. The fraction of sp³-hybridized carbons (Fsp3) is 0.333. The van der Waals surface area contributed by atoms with Crippen LogP contribution in [-0.2, 0) is 6.18 Å². The molecule has 10 heteroatoms. The van der Waals surface area contributed by atoms with Gasteiger partial charge in [-0.05, 0) is 39.0 Å². The molecule has 0 saturated heterocycles. The SMILES string of the molecule is Cc1c([N+](=O)[O-])c(=O)n(C(C)C)c(=O)n1-c1cccc(C(F)(F)F)c1. The van der Waals surface area contributed by atoms with Gasteiger partial charge in [-0.25, -0.2) is 4.79 Å². The Morgan fingerprint density at radius 3 is 2.28 bits per heavy atom. The highest BCUT2D eigenvalue weighted by Gasteiger charge is 2.32. The normalized spacial score (nSPS) is 11.8. The quantitative estimate of drug-likeness (QED) is 0.624. The lowest BCUT2D eigenvalue weighted by atomic mass is 10.2. The van der Waals surface area contributed by atoms with Gasteiger partial charge in [0.05, 0.1) is 16.2 Å². The summed E-state index contributed by atoms with van der Waals surface area (Å²) >= 11 is 0. The number of halogens is 3. The summed E-state index contributed by atoms with van der Waals surface area (Å²) in [5.74, 6) is 0. The van der Waals surface area contributed by atoms with Crippen molar-refractivity contribution in [3.63, 3.8) is 0 Å². The van der Waals surface area contributed by atoms with E-state index < -0.39 is 39.6 Å². The minimum Gasteiger partial charge on any atom is -0.261 e. The Bertz CT molecular complexity index is 958. The first-order chi connectivity index (χ1) is 11.5. The average Bonchev–Trinajstić information content (AvgIpc) is 2.45. The van der Waals surface area contributed by atoms with E-state index in [1.807, 2.05) is 0 Å². The third-order valence-electron chi connectivity index (χ3n) is 3.63. The zero-order chi connectivity index (χ0) is 19.1. The average molecular weight is 357 g/mol. The Morgan fingerprint density at radius 1 is 1.20 bits per heavy atom. The molecular formula is C15H14F3N3O4. The molecule has 134 valence electrons. The van der Waals surface area contributed by atoms with Crippen LogP contribution in [0.15, 0.2) is 33.9 Å². The lowest BCUT2D eigenvalue weighted by molar-refractivity contribution is -0.387. The van der Waals surface area contributed by atoms with Gasteiger partial charge < -0.3 is 0 Å². The first-order valence-corrected chi connectivity index (χ1v) is 7.17. The van der Waals surface area contributed by atoms with Crippen molar-refractivity contribution in [3.8, 4) is 5.69 Å². The molecule has 0 unspecified atom stereocenters. The van der Waals surface area contributed by atoms with Gasteiger partial charge in [-0.1, -0.05) is 6.07 Å². The van der Waals surface area contributed by atoms with Crippen LogP contribution < -0.4 is 11.2 Å². The van der Waals surface area contributed by atoms with E-state index in [1.54, 1.807) is 0 Å². The van der Waals surface area contributed by atoms with Crippen LogP contribution in [0.4, 0.5) is 18.9 Å². The molecule has 0 aliphatic rings. The van der Waals surface area contributed by atoms with Crippen LogP contribution in [0.1, 0.15) is 31.1 Å². The zero-order valence-electron chi connectivity index (χ0n) is 13.5. The van der Waals surface area contributed by atoms with Crippen LogP contribution in [0.3, 0.4) is 0 Å². The summed E-state index contributed by atoms with van der Waals surface area (Å²) < 4.78 is 40.1. The van der Waals surface area contributed by atoms with Crippen molar-refractivity contribution >= 4 is 5.69 Å². The van der Waals surface area contributed by atoms with Gasteiger partial charge in [0.15, 0.2) is 0 Å². The molecule has 0 N–H and O–H groups in total. The van der Waals surface area contributed by atoms with Gasteiger partial charge in [0, 0.05) is 6.04 Å². The Balaban J connectivity index is 2.94. The Kier molecular flexibility index (Phi) is 4.56. The maximum atomic E-state index is 12.9. The van der Waals surface area contributed by atoms with Crippen molar-refractivity contribution in [1.82, 2.24) is 9.13 Å². The number of hydrogen-bond acceptors (Lipinski definition) is 4. The van der Waals surface area contributed by atoms with E-state index in [1.165, 1.54) is 19.9 Å². The standard InChI is InChI=1S/C15H14F3N3O4/c1-8(2)19-13(22)12(21(24)25)9(3)20(14(19)23)11-6-4-5-10(7-11)15(16,17)18/h4-8H,1-3H3. The summed E-state index contributed by atoms with van der Waals surface area (Å²) in [4.78, 5) is 35.1. The molecule has 0 saturated carbocycles. The zero-order valence-corrected chi connectivity index (χ0v) is 13.5. The molecule has 0 bridgehead atoms. The molecule has 2 rings (SSSR count). The number of nitro groups is 1. The highest BCUT2D eigenvalue weighted by atomic mass is 19.4. The van der Waals surface area contributed by atoms with Gasteiger partial charge in [-0.3, -0.25) is 24.0 Å². The van der Waals surface area contributed by atoms with E-state index in [0.717, 1.165) is 23.6 Å². The molecule has 0 radical (unpaired) electrons. The first kappa shape index (κ1) is 18.4. The minimum absolute atomic E-state index is 0.213. The predicted octanol–water partition coefficient (Wildman–Crippen LogP) is 2.82. The van der Waals surface area contributed by atoms with Crippen LogP contribution >= 0.6 is 0 Å². The summed E-state index contributed by atoms with van der Waals surface area (Å²) in [5.41, 5.74) is -4.45. The lowest BCUT2D eigenvalue weighted by Gasteiger charge is -2.16. The van der Waals surface area contributed by atoms with Gasteiger partial charge >= 0.3 is 23.1 Å². The first-order valence-electron chi connectivity index (χ1n) is 7.17. The largest absolute Gasteiger partial charge is 0.416 e. The van der Waals surface area contributed by atoms with Crippen molar-refractivity contribution in [1.29, 1.82) is 0 Å². The molecule has 0 fully saturated rings. The van der Waals surface area contributed by atoms with E-state index in [9.17, 15) is 32.9 Å². The molecule has 7 nitrogen and oxygen atoms in total. The van der Waals surface area contributed by atoms with Crippen LogP contribution in [-0.4, -0.2) is 14.1 Å². The summed E-state index contributed by atoms with van der Waals surface area (Å²) in [6, 6.07) is 3.10. The summed E-state index contributed by atoms with van der Waals surface area (Å²) in [7, 11) is 0. The number of rotatable bonds is 3.